The molecular formula is C20H35B. The van der Waals surface area contributed by atoms with Gasteiger partial charge in [-0.3, -0.25) is 0 Å². The summed E-state index contributed by atoms with van der Waals surface area (Å²) >= 11 is 0. The van der Waals surface area contributed by atoms with Crippen molar-refractivity contribution in [3.8, 4) is 0 Å². The molecule has 1 heteroatoms. The molecule has 0 N–H and O–H groups in total. The van der Waals surface area contributed by atoms with E-state index in [9.17, 15) is 0 Å². The zero-order chi connectivity index (χ0) is 15.8. The van der Waals surface area contributed by atoms with Crippen molar-refractivity contribution in [1.29, 1.82) is 0 Å². The van der Waals surface area contributed by atoms with Crippen LogP contribution >= 0.6 is 0 Å². The summed E-state index contributed by atoms with van der Waals surface area (Å²) in [4.78, 5) is 0. The average molecular weight is 286 g/mol. The Hall–Kier alpha value is -0.585. The Morgan fingerprint density at radius 3 is 1.86 bits per heavy atom. The molecule has 0 aliphatic rings. The monoisotopic (exact) mass is 286 g/mol. The van der Waals surface area contributed by atoms with Crippen LogP contribution in [0.3, 0.4) is 0 Å². The Kier molecular flexibility index (Phi) is 8.30. The van der Waals surface area contributed by atoms with Crippen LogP contribution in [-0.2, 0) is 19.3 Å². The first-order valence-corrected chi connectivity index (χ1v) is 8.99. The van der Waals surface area contributed by atoms with Gasteiger partial charge in [0.1, 0.15) is 0 Å². The maximum atomic E-state index is 2.37. The van der Waals surface area contributed by atoms with Gasteiger partial charge in [-0.05, 0) is 0 Å². The van der Waals surface area contributed by atoms with Crippen molar-refractivity contribution >= 4 is 6.91 Å². The van der Waals surface area contributed by atoms with Crippen molar-refractivity contribution in [2.24, 2.45) is 17.8 Å². The third-order valence-corrected chi connectivity index (χ3v) is 4.32. The molecule has 0 bridgehead atoms. The third-order valence-electron chi connectivity index (χ3n) is 4.32. The van der Waals surface area contributed by atoms with Crippen LogP contribution in [0, 0.1) is 17.8 Å². The van der Waals surface area contributed by atoms with E-state index in [1.165, 1.54) is 38.5 Å². The maximum absolute atomic E-state index is 2.37. The summed E-state index contributed by atoms with van der Waals surface area (Å²) in [5, 5.41) is 0. The third kappa shape index (κ3) is 7.29. The van der Waals surface area contributed by atoms with E-state index in [-0.39, 0.29) is 0 Å². The second kappa shape index (κ2) is 9.44. The molecule has 1 aromatic heterocycles. The fourth-order valence-electron chi connectivity index (χ4n) is 2.80. The molecule has 0 nitrogen and oxygen atoms in total. The summed E-state index contributed by atoms with van der Waals surface area (Å²) in [6.45, 7) is 16.4. The topological polar surface area (TPSA) is 0 Å². The number of hydrogen-bond acceptors (Lipinski definition) is 0. The number of rotatable bonds is 9. The van der Waals surface area contributed by atoms with Crippen LogP contribution in [0.15, 0.2) is 12.0 Å². The number of hydrogen-bond donors (Lipinski definition) is 0. The van der Waals surface area contributed by atoms with Gasteiger partial charge in [-0.15, -0.1) is 0 Å². The van der Waals surface area contributed by atoms with Crippen molar-refractivity contribution in [3.05, 3.63) is 28.6 Å². The summed E-state index contributed by atoms with van der Waals surface area (Å²) < 4.78 is 0. The van der Waals surface area contributed by atoms with Gasteiger partial charge in [0.2, 0.25) is 0 Å². The molecule has 0 aliphatic heterocycles. The van der Waals surface area contributed by atoms with Crippen LogP contribution < -0.4 is 0 Å². The molecule has 0 fully saturated rings. The second-order valence-electron chi connectivity index (χ2n) is 7.85. The van der Waals surface area contributed by atoms with Gasteiger partial charge in [0.05, 0.1) is 0 Å². The predicted molar refractivity (Wildman–Crippen MR) is 97.3 cm³/mol. The zero-order valence-corrected chi connectivity index (χ0v) is 15.2. The quantitative estimate of drug-likeness (QED) is 0.539. The molecule has 1 aromatic rings. The Labute approximate surface area is 134 Å². The van der Waals surface area contributed by atoms with Crippen molar-refractivity contribution in [2.75, 3.05) is 0 Å². The van der Waals surface area contributed by atoms with E-state index in [1.807, 2.05) is 0 Å². The molecule has 0 radical (unpaired) electrons. The van der Waals surface area contributed by atoms with Crippen molar-refractivity contribution in [2.45, 2.75) is 80.1 Å². The summed E-state index contributed by atoms with van der Waals surface area (Å²) in [6.07, 6.45) is 7.69. The molecule has 118 valence electrons. The zero-order valence-electron chi connectivity index (χ0n) is 15.2. The Balaban J connectivity index is 2.90. The first-order chi connectivity index (χ1) is 9.90. The fourth-order valence-corrected chi connectivity index (χ4v) is 2.80. The van der Waals surface area contributed by atoms with E-state index in [0.29, 0.717) is 0 Å². The molecule has 21 heavy (non-hydrogen) atoms. The van der Waals surface area contributed by atoms with Crippen LogP contribution in [0.5, 0.6) is 0 Å². The normalized spacial score (nSPS) is 11.7. The van der Waals surface area contributed by atoms with Gasteiger partial charge in [-0.25, -0.2) is 0 Å². The van der Waals surface area contributed by atoms with E-state index in [2.05, 4.69) is 60.5 Å². The predicted octanol–water partition coefficient (Wildman–Crippen LogP) is 5.79. The molecule has 0 spiro atoms. The van der Waals surface area contributed by atoms with Crippen LogP contribution in [-0.4, -0.2) is 6.91 Å². The van der Waals surface area contributed by atoms with Gasteiger partial charge in [0.25, 0.3) is 0 Å². The molecule has 0 saturated carbocycles. The average Bonchev–Trinajstić information content (AvgIpc) is 2.40. The van der Waals surface area contributed by atoms with Crippen molar-refractivity contribution in [1.82, 2.24) is 0 Å². The van der Waals surface area contributed by atoms with Crippen molar-refractivity contribution in [3.63, 3.8) is 0 Å². The molecule has 0 aliphatic carbocycles. The Bertz CT molecular complexity index is 374. The van der Waals surface area contributed by atoms with Gasteiger partial charge in [0, 0.05) is 0 Å². The minimum absolute atomic E-state index is 0.793. The van der Waals surface area contributed by atoms with E-state index in [1.54, 1.807) is 16.6 Å². The molecular weight excluding hydrogens is 251 g/mol. The van der Waals surface area contributed by atoms with E-state index < -0.39 is 0 Å². The standard InChI is InChI=1S/C20H35B/c1-15(2)7-10-18-13-14-21-20(12-9-17(5)6)19(18)11-8-16(3)4/h13-17H,7-12H2,1-6H3. The number of aryl methyl sites for hydroxylation is 2. The summed E-state index contributed by atoms with van der Waals surface area (Å²) in [5.74, 6) is 4.66. The van der Waals surface area contributed by atoms with Gasteiger partial charge >= 0.3 is 133 Å². The molecule has 0 saturated heterocycles. The SMILES string of the molecule is CC(C)CCc1bccc(CCC(C)C)c1CCC(C)C. The first-order valence-electron chi connectivity index (χ1n) is 8.99. The second-order valence-corrected chi connectivity index (χ2v) is 7.85. The first kappa shape index (κ1) is 18.5. The van der Waals surface area contributed by atoms with Gasteiger partial charge in [-0.1, -0.05) is 0 Å². The molecule has 0 unspecified atom stereocenters. The molecule has 1 heterocycles. The van der Waals surface area contributed by atoms with Gasteiger partial charge in [0.15, 0.2) is 0 Å². The van der Waals surface area contributed by atoms with E-state index in [4.69, 9.17) is 0 Å². The van der Waals surface area contributed by atoms with Crippen LogP contribution in [0.1, 0.15) is 77.4 Å². The van der Waals surface area contributed by atoms with Crippen molar-refractivity contribution < 1.29 is 0 Å². The summed E-state index contributed by atoms with van der Waals surface area (Å²) in [6, 6.07) is 2.37. The molecule has 0 aromatic carbocycles. The van der Waals surface area contributed by atoms with Gasteiger partial charge < -0.3 is 0 Å². The van der Waals surface area contributed by atoms with Gasteiger partial charge in [-0.2, -0.15) is 0 Å². The molecule has 0 amide bonds. The Morgan fingerprint density at radius 1 is 0.762 bits per heavy atom. The van der Waals surface area contributed by atoms with E-state index in [0.717, 1.165) is 17.8 Å². The Morgan fingerprint density at radius 2 is 1.29 bits per heavy atom. The minimum atomic E-state index is 0.793. The fraction of sp³-hybridized carbons (Fsp3) is 0.750. The van der Waals surface area contributed by atoms with Crippen LogP contribution in [0.25, 0.3) is 0 Å². The van der Waals surface area contributed by atoms with Crippen LogP contribution in [0.4, 0.5) is 0 Å². The van der Waals surface area contributed by atoms with Crippen LogP contribution in [0.2, 0.25) is 0 Å². The molecule has 0 atom stereocenters. The van der Waals surface area contributed by atoms with E-state index >= 15 is 0 Å². The molecule has 1 rings (SSSR count). The summed E-state index contributed by atoms with van der Waals surface area (Å²) in [7, 11) is 0. The summed E-state index contributed by atoms with van der Waals surface area (Å²) in [5.41, 5.74) is 4.91.